The summed E-state index contributed by atoms with van der Waals surface area (Å²) in [7, 11) is 1.58. The van der Waals surface area contributed by atoms with Crippen molar-refractivity contribution in [3.63, 3.8) is 0 Å². The zero-order chi connectivity index (χ0) is 17.6. The van der Waals surface area contributed by atoms with E-state index in [2.05, 4.69) is 10.3 Å². The van der Waals surface area contributed by atoms with E-state index in [0.29, 0.717) is 30.3 Å². The van der Waals surface area contributed by atoms with Gasteiger partial charge in [0.2, 0.25) is 0 Å². The van der Waals surface area contributed by atoms with Crippen LogP contribution in [-0.2, 0) is 6.54 Å². The fourth-order valence-corrected chi connectivity index (χ4v) is 3.19. The standard InChI is InChI=1S/C19H23N3O3/c1-25-16-8-6-15(7-9-16)19(24)20-10-11-22-13-21-17(12-18(22)23)14-4-2-3-5-14/h6-9,12-14H,2-5,10-11H2,1H3,(H,20,24). The van der Waals surface area contributed by atoms with Gasteiger partial charge in [0.15, 0.2) is 0 Å². The van der Waals surface area contributed by atoms with E-state index in [9.17, 15) is 9.59 Å². The summed E-state index contributed by atoms with van der Waals surface area (Å²) in [5.41, 5.74) is 1.40. The molecule has 6 nitrogen and oxygen atoms in total. The van der Waals surface area contributed by atoms with E-state index in [1.807, 2.05) is 0 Å². The summed E-state index contributed by atoms with van der Waals surface area (Å²) < 4.78 is 6.61. The maximum Gasteiger partial charge on any atom is 0.253 e. The van der Waals surface area contributed by atoms with Crippen molar-refractivity contribution in [1.82, 2.24) is 14.9 Å². The first-order chi connectivity index (χ1) is 12.2. The van der Waals surface area contributed by atoms with Gasteiger partial charge in [0.05, 0.1) is 19.1 Å². The maximum absolute atomic E-state index is 12.2. The summed E-state index contributed by atoms with van der Waals surface area (Å²) in [6.45, 7) is 0.772. The molecule has 1 aliphatic rings. The van der Waals surface area contributed by atoms with E-state index in [0.717, 1.165) is 18.5 Å². The number of carbonyl (C=O) groups excluding carboxylic acids is 1. The Morgan fingerprint density at radius 3 is 2.64 bits per heavy atom. The van der Waals surface area contributed by atoms with Crippen molar-refractivity contribution in [3.05, 3.63) is 58.3 Å². The van der Waals surface area contributed by atoms with Crippen molar-refractivity contribution < 1.29 is 9.53 Å². The van der Waals surface area contributed by atoms with E-state index in [-0.39, 0.29) is 11.5 Å². The minimum Gasteiger partial charge on any atom is -0.497 e. The Labute approximate surface area is 146 Å². The molecule has 0 atom stereocenters. The molecule has 1 aliphatic carbocycles. The van der Waals surface area contributed by atoms with Gasteiger partial charge in [0.1, 0.15) is 5.75 Å². The number of methoxy groups -OCH3 is 1. The van der Waals surface area contributed by atoms with Gasteiger partial charge in [-0.1, -0.05) is 12.8 Å². The normalized spacial score (nSPS) is 14.4. The molecule has 6 heteroatoms. The van der Waals surface area contributed by atoms with Gasteiger partial charge in [-0.3, -0.25) is 14.2 Å². The predicted octanol–water partition coefficient (Wildman–Crippen LogP) is 2.34. The number of ether oxygens (including phenoxy) is 1. The molecule has 1 saturated carbocycles. The third kappa shape index (κ3) is 4.26. The summed E-state index contributed by atoms with van der Waals surface area (Å²) in [4.78, 5) is 28.7. The van der Waals surface area contributed by atoms with Crippen LogP contribution in [0.25, 0.3) is 0 Å². The first kappa shape index (κ1) is 17.2. The van der Waals surface area contributed by atoms with Crippen molar-refractivity contribution in [3.8, 4) is 5.75 Å². The Morgan fingerprint density at radius 2 is 2.00 bits per heavy atom. The van der Waals surface area contributed by atoms with Crippen LogP contribution in [0.5, 0.6) is 5.75 Å². The number of amides is 1. The van der Waals surface area contributed by atoms with Crippen molar-refractivity contribution in [2.75, 3.05) is 13.7 Å². The number of hydrogen-bond donors (Lipinski definition) is 1. The molecule has 132 valence electrons. The smallest absolute Gasteiger partial charge is 0.253 e. The van der Waals surface area contributed by atoms with Gasteiger partial charge >= 0.3 is 0 Å². The lowest BCUT2D eigenvalue weighted by Gasteiger charge is -2.11. The highest BCUT2D eigenvalue weighted by atomic mass is 16.5. The molecular formula is C19H23N3O3. The molecule has 0 radical (unpaired) electrons. The fourth-order valence-electron chi connectivity index (χ4n) is 3.19. The number of aromatic nitrogens is 2. The molecule has 1 heterocycles. The number of carbonyl (C=O) groups is 1. The minimum atomic E-state index is -0.175. The van der Waals surface area contributed by atoms with Gasteiger partial charge in [-0.05, 0) is 37.1 Å². The number of benzene rings is 1. The van der Waals surface area contributed by atoms with Crippen LogP contribution in [0, 0.1) is 0 Å². The number of nitrogens with zero attached hydrogens (tertiary/aromatic N) is 2. The number of hydrogen-bond acceptors (Lipinski definition) is 4. The van der Waals surface area contributed by atoms with Crippen molar-refractivity contribution >= 4 is 5.91 Å². The Bertz CT molecular complexity index is 777. The zero-order valence-electron chi connectivity index (χ0n) is 14.4. The lowest BCUT2D eigenvalue weighted by atomic mass is 10.0. The third-order valence-corrected chi connectivity index (χ3v) is 4.66. The van der Waals surface area contributed by atoms with E-state index < -0.39 is 0 Å². The Kier molecular flexibility index (Phi) is 5.48. The monoisotopic (exact) mass is 341 g/mol. The summed E-state index contributed by atoms with van der Waals surface area (Å²) >= 11 is 0. The molecule has 0 spiro atoms. The van der Waals surface area contributed by atoms with Crippen LogP contribution < -0.4 is 15.6 Å². The summed E-state index contributed by atoms with van der Waals surface area (Å²) in [5.74, 6) is 0.958. The van der Waals surface area contributed by atoms with Crippen LogP contribution in [-0.4, -0.2) is 29.1 Å². The second kappa shape index (κ2) is 7.96. The van der Waals surface area contributed by atoms with Crippen molar-refractivity contribution in [2.24, 2.45) is 0 Å². The molecule has 0 bridgehead atoms. The lowest BCUT2D eigenvalue weighted by molar-refractivity contribution is 0.0952. The lowest BCUT2D eigenvalue weighted by Crippen LogP contribution is -2.31. The van der Waals surface area contributed by atoms with Gasteiger partial charge in [-0.15, -0.1) is 0 Å². The van der Waals surface area contributed by atoms with Gasteiger partial charge < -0.3 is 10.1 Å². The van der Waals surface area contributed by atoms with Crippen LogP contribution in [0.4, 0.5) is 0 Å². The molecule has 2 aromatic rings. The van der Waals surface area contributed by atoms with Crippen LogP contribution >= 0.6 is 0 Å². The van der Waals surface area contributed by atoms with Crippen LogP contribution in [0.2, 0.25) is 0 Å². The molecule has 1 aromatic carbocycles. The zero-order valence-corrected chi connectivity index (χ0v) is 14.4. The van der Waals surface area contributed by atoms with E-state index in [4.69, 9.17) is 4.74 Å². The first-order valence-electron chi connectivity index (χ1n) is 8.66. The minimum absolute atomic E-state index is 0.0596. The molecule has 1 N–H and O–H groups in total. The molecule has 0 unspecified atom stereocenters. The summed E-state index contributed by atoms with van der Waals surface area (Å²) in [6, 6.07) is 8.54. The van der Waals surface area contributed by atoms with Gasteiger partial charge in [-0.2, -0.15) is 0 Å². The summed E-state index contributed by atoms with van der Waals surface area (Å²) in [6.07, 6.45) is 6.26. The number of nitrogens with one attached hydrogen (secondary N) is 1. The topological polar surface area (TPSA) is 73.2 Å². The highest BCUT2D eigenvalue weighted by molar-refractivity contribution is 5.94. The molecule has 1 amide bonds. The van der Waals surface area contributed by atoms with Crippen molar-refractivity contribution in [2.45, 2.75) is 38.1 Å². The average Bonchev–Trinajstić information content (AvgIpc) is 3.17. The predicted molar refractivity (Wildman–Crippen MR) is 95.0 cm³/mol. The third-order valence-electron chi connectivity index (χ3n) is 4.66. The molecular weight excluding hydrogens is 318 g/mol. The molecule has 1 fully saturated rings. The highest BCUT2D eigenvalue weighted by Gasteiger charge is 2.18. The quantitative estimate of drug-likeness (QED) is 0.875. The average molecular weight is 341 g/mol. The van der Waals surface area contributed by atoms with Crippen LogP contribution in [0.1, 0.15) is 47.7 Å². The van der Waals surface area contributed by atoms with E-state index >= 15 is 0 Å². The number of rotatable bonds is 6. The second-order valence-corrected chi connectivity index (χ2v) is 6.31. The molecule has 0 aliphatic heterocycles. The maximum atomic E-state index is 12.2. The molecule has 3 rings (SSSR count). The van der Waals surface area contributed by atoms with Crippen molar-refractivity contribution in [1.29, 1.82) is 0 Å². The molecule has 1 aromatic heterocycles. The second-order valence-electron chi connectivity index (χ2n) is 6.31. The van der Waals surface area contributed by atoms with Gasteiger partial charge in [-0.25, -0.2) is 4.98 Å². The van der Waals surface area contributed by atoms with Gasteiger partial charge in [0.25, 0.3) is 11.5 Å². The summed E-state index contributed by atoms with van der Waals surface area (Å²) in [5, 5.41) is 2.81. The first-order valence-corrected chi connectivity index (χ1v) is 8.66. The highest BCUT2D eigenvalue weighted by Crippen LogP contribution is 2.32. The van der Waals surface area contributed by atoms with E-state index in [1.54, 1.807) is 43.8 Å². The SMILES string of the molecule is COc1ccc(C(=O)NCCn2cnc(C3CCCC3)cc2=O)cc1. The Hall–Kier alpha value is -2.63. The van der Waals surface area contributed by atoms with Crippen LogP contribution in [0.15, 0.2) is 41.5 Å². The molecule has 0 saturated heterocycles. The van der Waals surface area contributed by atoms with Gasteiger partial charge in [0, 0.05) is 30.6 Å². The Balaban J connectivity index is 1.54. The fraction of sp³-hybridized carbons (Fsp3) is 0.421. The largest absolute Gasteiger partial charge is 0.497 e. The molecule has 25 heavy (non-hydrogen) atoms. The van der Waals surface area contributed by atoms with E-state index in [1.165, 1.54) is 17.4 Å². The Morgan fingerprint density at radius 1 is 1.28 bits per heavy atom. The van der Waals surface area contributed by atoms with Crippen LogP contribution in [0.3, 0.4) is 0 Å².